The summed E-state index contributed by atoms with van der Waals surface area (Å²) in [6.45, 7) is 1.62. The number of carbonyl (C=O) groups excluding carboxylic acids is 1. The first kappa shape index (κ1) is 16.4. The lowest BCUT2D eigenvalue weighted by atomic mass is 10.1. The zero-order valence-corrected chi connectivity index (χ0v) is 12.4. The number of halogens is 2. The predicted molar refractivity (Wildman–Crippen MR) is 74.0 cm³/mol. The highest BCUT2D eigenvalue weighted by atomic mass is 79.9. The summed E-state index contributed by atoms with van der Waals surface area (Å²) in [6.07, 6.45) is -0.0253. The van der Waals surface area contributed by atoms with Crippen LogP contribution in [0.3, 0.4) is 0 Å². The fourth-order valence-electron chi connectivity index (χ4n) is 1.44. The van der Waals surface area contributed by atoms with Crippen LogP contribution in [-0.4, -0.2) is 30.1 Å². The molecule has 0 aliphatic rings. The van der Waals surface area contributed by atoms with E-state index in [4.69, 9.17) is 9.84 Å². The van der Waals surface area contributed by atoms with Gasteiger partial charge < -0.3 is 15.2 Å². The molecule has 1 rings (SSSR count). The Morgan fingerprint density at radius 1 is 1.50 bits per heavy atom. The molecule has 1 atom stereocenters. The smallest absolute Gasteiger partial charge is 0.303 e. The number of hydrogen-bond donors (Lipinski definition) is 2. The van der Waals surface area contributed by atoms with E-state index in [2.05, 4.69) is 21.2 Å². The van der Waals surface area contributed by atoms with Gasteiger partial charge in [-0.1, -0.05) is 22.9 Å². The van der Waals surface area contributed by atoms with Crippen LogP contribution in [0.1, 0.15) is 13.3 Å². The third-order valence-corrected chi connectivity index (χ3v) is 2.92. The number of rotatable bonds is 7. The Bertz CT molecular complexity index is 495. The largest absolute Gasteiger partial charge is 0.481 e. The van der Waals surface area contributed by atoms with Gasteiger partial charge in [-0.15, -0.1) is 0 Å². The number of ether oxygens (including phenoxy) is 1. The molecule has 0 heterocycles. The Labute approximate surface area is 124 Å². The number of hydrogen-bond acceptors (Lipinski definition) is 3. The van der Waals surface area contributed by atoms with Crippen molar-refractivity contribution in [3.8, 4) is 5.75 Å². The van der Waals surface area contributed by atoms with Gasteiger partial charge in [-0.3, -0.25) is 9.59 Å². The predicted octanol–water partition coefficient (Wildman–Crippen LogP) is 2.19. The summed E-state index contributed by atoms with van der Waals surface area (Å²) >= 11 is 3.11. The van der Waals surface area contributed by atoms with Gasteiger partial charge in [0.2, 0.25) is 0 Å². The maximum absolute atomic E-state index is 13.4. The van der Waals surface area contributed by atoms with Crippen LogP contribution in [0.4, 0.5) is 4.39 Å². The van der Waals surface area contributed by atoms with Crippen molar-refractivity contribution in [2.24, 2.45) is 5.92 Å². The summed E-state index contributed by atoms with van der Waals surface area (Å²) in [6, 6.07) is 4.26. The summed E-state index contributed by atoms with van der Waals surface area (Å²) < 4.78 is 19.0. The average Bonchev–Trinajstić information content (AvgIpc) is 2.34. The number of aliphatic carboxylic acids is 1. The van der Waals surface area contributed by atoms with Gasteiger partial charge >= 0.3 is 5.97 Å². The first-order valence-electron chi connectivity index (χ1n) is 5.95. The maximum Gasteiger partial charge on any atom is 0.303 e. The third-order valence-electron chi connectivity index (χ3n) is 2.42. The molecule has 1 amide bonds. The van der Waals surface area contributed by atoms with Crippen molar-refractivity contribution in [1.29, 1.82) is 0 Å². The molecule has 0 fully saturated rings. The van der Waals surface area contributed by atoms with Crippen molar-refractivity contribution in [3.05, 3.63) is 28.5 Å². The lowest BCUT2D eigenvalue weighted by Crippen LogP contribution is -2.33. The van der Waals surface area contributed by atoms with E-state index in [1.54, 1.807) is 13.0 Å². The normalized spacial score (nSPS) is 11.8. The van der Waals surface area contributed by atoms with Gasteiger partial charge in [0.15, 0.2) is 18.2 Å². The second-order valence-corrected chi connectivity index (χ2v) is 5.29. The second-order valence-electron chi connectivity index (χ2n) is 4.37. The Kier molecular flexibility index (Phi) is 6.44. The number of benzene rings is 1. The zero-order valence-electron chi connectivity index (χ0n) is 10.9. The third kappa shape index (κ3) is 6.01. The Morgan fingerprint density at radius 3 is 2.80 bits per heavy atom. The summed E-state index contributed by atoms with van der Waals surface area (Å²) in [5, 5.41) is 11.1. The molecule has 0 aliphatic heterocycles. The van der Waals surface area contributed by atoms with E-state index in [1.165, 1.54) is 12.1 Å². The monoisotopic (exact) mass is 347 g/mol. The van der Waals surface area contributed by atoms with E-state index in [0.29, 0.717) is 4.47 Å². The minimum atomic E-state index is -0.917. The van der Waals surface area contributed by atoms with Crippen molar-refractivity contribution >= 4 is 27.8 Å². The molecule has 0 radical (unpaired) electrons. The molecule has 0 spiro atoms. The molecule has 20 heavy (non-hydrogen) atoms. The van der Waals surface area contributed by atoms with Crippen LogP contribution in [-0.2, 0) is 9.59 Å². The molecular weight excluding hydrogens is 333 g/mol. The van der Waals surface area contributed by atoms with Crippen LogP contribution in [0.15, 0.2) is 22.7 Å². The Balaban J connectivity index is 2.34. The van der Waals surface area contributed by atoms with Crippen LogP contribution in [0, 0.1) is 11.7 Å². The van der Waals surface area contributed by atoms with Crippen LogP contribution in [0.2, 0.25) is 0 Å². The van der Waals surface area contributed by atoms with Crippen molar-refractivity contribution < 1.29 is 23.8 Å². The van der Waals surface area contributed by atoms with Crippen LogP contribution >= 0.6 is 15.9 Å². The van der Waals surface area contributed by atoms with E-state index >= 15 is 0 Å². The molecule has 110 valence electrons. The fraction of sp³-hybridized carbons (Fsp3) is 0.385. The molecule has 1 aromatic carbocycles. The minimum absolute atomic E-state index is 0.0121. The van der Waals surface area contributed by atoms with Crippen molar-refractivity contribution in [3.63, 3.8) is 0 Å². The highest BCUT2D eigenvalue weighted by molar-refractivity contribution is 9.10. The highest BCUT2D eigenvalue weighted by Gasteiger charge is 2.11. The molecule has 0 bridgehead atoms. The first-order valence-corrected chi connectivity index (χ1v) is 6.74. The number of carbonyl (C=O) groups is 2. The molecular formula is C13H15BrFNO4. The maximum atomic E-state index is 13.4. The molecule has 0 aromatic heterocycles. The summed E-state index contributed by atoms with van der Waals surface area (Å²) in [7, 11) is 0. The van der Waals surface area contributed by atoms with Gasteiger partial charge in [-0.2, -0.15) is 0 Å². The lowest BCUT2D eigenvalue weighted by molar-refractivity contribution is -0.138. The van der Waals surface area contributed by atoms with Gasteiger partial charge in [-0.05, 0) is 24.1 Å². The molecule has 1 unspecified atom stereocenters. The van der Waals surface area contributed by atoms with E-state index in [1.807, 2.05) is 0 Å². The number of amides is 1. The molecule has 0 saturated heterocycles. The van der Waals surface area contributed by atoms with Crippen LogP contribution in [0.5, 0.6) is 5.75 Å². The number of carboxylic acid groups (broad SMARTS) is 1. The van der Waals surface area contributed by atoms with Gasteiger partial charge in [0.1, 0.15) is 0 Å². The first-order chi connectivity index (χ1) is 9.38. The quantitative estimate of drug-likeness (QED) is 0.792. The second kappa shape index (κ2) is 7.84. The van der Waals surface area contributed by atoms with Crippen molar-refractivity contribution in [1.82, 2.24) is 5.32 Å². The molecule has 5 nitrogen and oxygen atoms in total. The van der Waals surface area contributed by atoms with Crippen LogP contribution in [0.25, 0.3) is 0 Å². The summed E-state index contributed by atoms with van der Waals surface area (Å²) in [5.41, 5.74) is 0. The van der Waals surface area contributed by atoms with Gasteiger partial charge in [0.25, 0.3) is 5.91 Å². The summed E-state index contributed by atoms with van der Waals surface area (Å²) in [5.74, 6) is -2.10. The highest BCUT2D eigenvalue weighted by Crippen LogP contribution is 2.21. The molecule has 2 N–H and O–H groups in total. The van der Waals surface area contributed by atoms with Crippen LogP contribution < -0.4 is 10.1 Å². The van der Waals surface area contributed by atoms with Crippen molar-refractivity contribution in [2.45, 2.75) is 13.3 Å². The standard InChI is InChI=1S/C13H15BrFNO4/c1-8(4-13(18)19)6-16-12(17)7-20-11-3-2-9(14)5-10(11)15/h2-3,5,8H,4,6-7H2,1H3,(H,16,17)(H,18,19). The Hall–Kier alpha value is -1.63. The van der Waals surface area contributed by atoms with Gasteiger partial charge in [0, 0.05) is 17.4 Å². The average molecular weight is 348 g/mol. The molecule has 1 aromatic rings. The molecule has 0 saturated carbocycles. The minimum Gasteiger partial charge on any atom is -0.481 e. The molecule has 0 aliphatic carbocycles. The van der Waals surface area contributed by atoms with E-state index in [9.17, 15) is 14.0 Å². The zero-order chi connectivity index (χ0) is 15.1. The van der Waals surface area contributed by atoms with E-state index < -0.39 is 17.7 Å². The topological polar surface area (TPSA) is 75.6 Å². The lowest BCUT2D eigenvalue weighted by Gasteiger charge is -2.11. The fourth-order valence-corrected chi connectivity index (χ4v) is 1.78. The summed E-state index contributed by atoms with van der Waals surface area (Å²) in [4.78, 5) is 21.9. The SMILES string of the molecule is CC(CNC(=O)COc1ccc(Br)cc1F)CC(=O)O. The van der Waals surface area contributed by atoms with Crippen molar-refractivity contribution in [2.75, 3.05) is 13.2 Å². The Morgan fingerprint density at radius 2 is 2.20 bits per heavy atom. The van der Waals surface area contributed by atoms with Gasteiger partial charge in [0.05, 0.1) is 0 Å². The molecule has 7 heteroatoms. The van der Waals surface area contributed by atoms with E-state index in [0.717, 1.165) is 0 Å². The van der Waals surface area contributed by atoms with E-state index in [-0.39, 0.29) is 31.2 Å². The number of nitrogens with one attached hydrogen (secondary N) is 1. The number of carboxylic acids is 1. The van der Waals surface area contributed by atoms with Gasteiger partial charge in [-0.25, -0.2) is 4.39 Å².